The summed E-state index contributed by atoms with van der Waals surface area (Å²) in [4.78, 5) is 2.68. The van der Waals surface area contributed by atoms with Gasteiger partial charge in [0, 0.05) is 24.7 Å². The quantitative estimate of drug-likeness (QED) is 0.917. The molecule has 3 rings (SSSR count). The van der Waals surface area contributed by atoms with E-state index in [1.165, 1.54) is 49.8 Å². The zero-order chi connectivity index (χ0) is 13.9. The standard InChI is InChI=1S/C17H26N2O/c1-20-17-8-7-13(11-18)10-15(17)12-19-9-3-5-14-4-2-6-16(14)19/h7-8,10,14,16H,2-6,9,11-12,18H2,1H3. The molecule has 2 N–H and O–H groups in total. The third kappa shape index (κ3) is 2.70. The fourth-order valence-corrected chi connectivity index (χ4v) is 4.05. The van der Waals surface area contributed by atoms with Gasteiger partial charge in [0.05, 0.1) is 7.11 Å². The molecular formula is C17H26N2O. The first-order valence-corrected chi connectivity index (χ1v) is 7.91. The molecule has 20 heavy (non-hydrogen) atoms. The molecule has 1 saturated heterocycles. The van der Waals surface area contributed by atoms with Crippen molar-refractivity contribution in [3.05, 3.63) is 29.3 Å². The van der Waals surface area contributed by atoms with E-state index < -0.39 is 0 Å². The molecule has 0 amide bonds. The summed E-state index contributed by atoms with van der Waals surface area (Å²) in [6.07, 6.45) is 7.00. The molecule has 1 aliphatic carbocycles. The predicted octanol–water partition coefficient (Wildman–Crippen LogP) is 2.92. The lowest BCUT2D eigenvalue weighted by molar-refractivity contribution is 0.105. The van der Waals surface area contributed by atoms with Crippen LogP contribution in [-0.4, -0.2) is 24.6 Å². The average molecular weight is 274 g/mol. The monoisotopic (exact) mass is 274 g/mol. The van der Waals surface area contributed by atoms with Crippen LogP contribution in [0.25, 0.3) is 0 Å². The van der Waals surface area contributed by atoms with Gasteiger partial charge in [-0.2, -0.15) is 0 Å². The Morgan fingerprint density at radius 2 is 2.10 bits per heavy atom. The Balaban J connectivity index is 1.79. The van der Waals surface area contributed by atoms with Crippen molar-refractivity contribution in [2.75, 3.05) is 13.7 Å². The maximum absolute atomic E-state index is 5.77. The summed E-state index contributed by atoms with van der Waals surface area (Å²) in [7, 11) is 1.76. The largest absolute Gasteiger partial charge is 0.496 e. The first-order valence-electron chi connectivity index (χ1n) is 7.91. The molecule has 3 nitrogen and oxygen atoms in total. The lowest BCUT2D eigenvalue weighted by atomic mass is 9.91. The number of likely N-dealkylation sites (tertiary alicyclic amines) is 1. The van der Waals surface area contributed by atoms with Crippen molar-refractivity contribution in [3.63, 3.8) is 0 Å². The van der Waals surface area contributed by atoms with E-state index in [4.69, 9.17) is 10.5 Å². The van der Waals surface area contributed by atoms with Gasteiger partial charge in [0.1, 0.15) is 5.75 Å². The molecule has 0 aromatic heterocycles. The number of rotatable bonds is 4. The van der Waals surface area contributed by atoms with E-state index in [0.29, 0.717) is 6.54 Å². The molecular weight excluding hydrogens is 248 g/mol. The van der Waals surface area contributed by atoms with Crippen LogP contribution in [0.4, 0.5) is 0 Å². The minimum atomic E-state index is 0.600. The summed E-state index contributed by atoms with van der Waals surface area (Å²) < 4.78 is 5.53. The number of nitrogens with two attached hydrogens (primary N) is 1. The van der Waals surface area contributed by atoms with Crippen LogP contribution in [0.15, 0.2) is 18.2 Å². The number of ether oxygens (including phenoxy) is 1. The normalized spacial score (nSPS) is 26.5. The van der Waals surface area contributed by atoms with Crippen LogP contribution in [0.3, 0.4) is 0 Å². The topological polar surface area (TPSA) is 38.5 Å². The highest BCUT2D eigenvalue weighted by molar-refractivity contribution is 5.37. The van der Waals surface area contributed by atoms with Crippen molar-refractivity contribution in [2.24, 2.45) is 11.7 Å². The Bertz CT molecular complexity index is 460. The summed E-state index contributed by atoms with van der Waals surface area (Å²) >= 11 is 0. The van der Waals surface area contributed by atoms with Crippen LogP contribution in [-0.2, 0) is 13.1 Å². The van der Waals surface area contributed by atoms with E-state index in [9.17, 15) is 0 Å². The highest BCUT2D eigenvalue weighted by Gasteiger charge is 2.34. The van der Waals surface area contributed by atoms with Crippen molar-refractivity contribution >= 4 is 0 Å². The number of fused-ring (bicyclic) bond motifs is 1. The Labute approximate surface area is 122 Å². The summed E-state index contributed by atoms with van der Waals surface area (Å²) in [5.74, 6) is 1.94. The molecule has 1 saturated carbocycles. The van der Waals surface area contributed by atoms with Crippen LogP contribution >= 0.6 is 0 Å². The van der Waals surface area contributed by atoms with Gasteiger partial charge in [0.15, 0.2) is 0 Å². The number of methoxy groups -OCH3 is 1. The average Bonchev–Trinajstić information content (AvgIpc) is 2.96. The lowest BCUT2D eigenvalue weighted by Gasteiger charge is -2.38. The van der Waals surface area contributed by atoms with Gasteiger partial charge in [-0.3, -0.25) is 4.90 Å². The molecule has 2 unspecified atom stereocenters. The van der Waals surface area contributed by atoms with E-state index in [-0.39, 0.29) is 0 Å². The first-order chi connectivity index (χ1) is 9.81. The third-order valence-corrected chi connectivity index (χ3v) is 5.06. The molecule has 1 aromatic carbocycles. The van der Waals surface area contributed by atoms with E-state index in [1.54, 1.807) is 7.11 Å². The van der Waals surface area contributed by atoms with Crippen LogP contribution in [0.1, 0.15) is 43.2 Å². The molecule has 0 radical (unpaired) electrons. The maximum atomic E-state index is 5.77. The van der Waals surface area contributed by atoms with Crippen molar-refractivity contribution in [1.29, 1.82) is 0 Å². The van der Waals surface area contributed by atoms with Gasteiger partial charge in [0.2, 0.25) is 0 Å². The molecule has 2 fully saturated rings. The van der Waals surface area contributed by atoms with Crippen LogP contribution in [0.5, 0.6) is 5.75 Å². The Morgan fingerprint density at radius 1 is 1.25 bits per heavy atom. The number of benzene rings is 1. The molecule has 1 aromatic rings. The second kappa shape index (κ2) is 6.15. The van der Waals surface area contributed by atoms with Gasteiger partial charge in [-0.15, -0.1) is 0 Å². The van der Waals surface area contributed by atoms with Gasteiger partial charge >= 0.3 is 0 Å². The smallest absolute Gasteiger partial charge is 0.123 e. The maximum Gasteiger partial charge on any atom is 0.123 e. The summed E-state index contributed by atoms with van der Waals surface area (Å²) in [5.41, 5.74) is 8.26. The van der Waals surface area contributed by atoms with E-state index >= 15 is 0 Å². The van der Waals surface area contributed by atoms with Crippen LogP contribution in [0, 0.1) is 5.92 Å². The Hall–Kier alpha value is -1.06. The molecule has 3 heteroatoms. The SMILES string of the molecule is COc1ccc(CN)cc1CN1CCCC2CCCC21. The van der Waals surface area contributed by atoms with Gasteiger partial charge in [-0.05, 0) is 55.8 Å². The zero-order valence-electron chi connectivity index (χ0n) is 12.5. The zero-order valence-corrected chi connectivity index (χ0v) is 12.5. The highest BCUT2D eigenvalue weighted by atomic mass is 16.5. The third-order valence-electron chi connectivity index (χ3n) is 5.06. The van der Waals surface area contributed by atoms with Crippen molar-refractivity contribution in [2.45, 2.75) is 51.2 Å². The first kappa shape index (κ1) is 13.9. The molecule has 1 heterocycles. The minimum absolute atomic E-state index is 0.600. The number of nitrogens with zero attached hydrogens (tertiary/aromatic N) is 1. The molecule has 0 spiro atoms. The molecule has 2 atom stereocenters. The number of piperidine rings is 1. The van der Waals surface area contributed by atoms with E-state index in [1.807, 2.05) is 0 Å². The second-order valence-corrected chi connectivity index (χ2v) is 6.22. The van der Waals surface area contributed by atoms with Crippen LogP contribution in [0.2, 0.25) is 0 Å². The fourth-order valence-electron chi connectivity index (χ4n) is 4.05. The van der Waals surface area contributed by atoms with Gasteiger partial charge in [-0.25, -0.2) is 0 Å². The molecule has 0 bridgehead atoms. The Kier molecular flexibility index (Phi) is 4.27. The molecule has 1 aliphatic heterocycles. The molecule has 110 valence electrons. The van der Waals surface area contributed by atoms with Crippen molar-refractivity contribution in [1.82, 2.24) is 4.90 Å². The van der Waals surface area contributed by atoms with Gasteiger partial charge in [0.25, 0.3) is 0 Å². The number of hydrogen-bond acceptors (Lipinski definition) is 3. The Morgan fingerprint density at radius 3 is 2.90 bits per heavy atom. The highest BCUT2D eigenvalue weighted by Crippen LogP contribution is 2.38. The minimum Gasteiger partial charge on any atom is -0.496 e. The number of hydrogen-bond donors (Lipinski definition) is 1. The second-order valence-electron chi connectivity index (χ2n) is 6.22. The van der Waals surface area contributed by atoms with Gasteiger partial charge in [-0.1, -0.05) is 12.5 Å². The summed E-state index contributed by atoms with van der Waals surface area (Å²) in [6.45, 7) is 2.85. The predicted molar refractivity (Wildman–Crippen MR) is 81.7 cm³/mol. The van der Waals surface area contributed by atoms with E-state index in [0.717, 1.165) is 24.3 Å². The van der Waals surface area contributed by atoms with E-state index in [2.05, 4.69) is 23.1 Å². The fraction of sp³-hybridized carbons (Fsp3) is 0.647. The van der Waals surface area contributed by atoms with Crippen molar-refractivity contribution in [3.8, 4) is 5.75 Å². The lowest BCUT2D eigenvalue weighted by Crippen LogP contribution is -2.41. The summed E-state index contributed by atoms with van der Waals surface area (Å²) in [6, 6.07) is 7.15. The van der Waals surface area contributed by atoms with Crippen molar-refractivity contribution < 1.29 is 4.74 Å². The van der Waals surface area contributed by atoms with Crippen LogP contribution < -0.4 is 10.5 Å². The molecule has 2 aliphatic rings. The van der Waals surface area contributed by atoms with Gasteiger partial charge < -0.3 is 10.5 Å². The summed E-state index contributed by atoms with van der Waals surface area (Å²) in [5, 5.41) is 0.